The lowest BCUT2D eigenvalue weighted by atomic mass is 10.0. The van der Waals surface area contributed by atoms with Gasteiger partial charge in [0.25, 0.3) is 0 Å². The van der Waals surface area contributed by atoms with E-state index in [4.69, 9.17) is 0 Å². The van der Waals surface area contributed by atoms with Gasteiger partial charge in [0.15, 0.2) is 0 Å². The summed E-state index contributed by atoms with van der Waals surface area (Å²) in [6, 6.07) is 9.03. The van der Waals surface area contributed by atoms with Crippen molar-refractivity contribution in [3.05, 3.63) is 35.4 Å². The van der Waals surface area contributed by atoms with Gasteiger partial charge in [-0.15, -0.1) is 0 Å². The maximum atomic E-state index is 3.52. The Bertz CT molecular complexity index is 326. The minimum atomic E-state index is 0.734. The first-order valence-corrected chi connectivity index (χ1v) is 7.66. The van der Waals surface area contributed by atoms with Crippen molar-refractivity contribution in [3.8, 4) is 0 Å². The lowest BCUT2D eigenvalue weighted by molar-refractivity contribution is 0.302. The summed E-state index contributed by atoms with van der Waals surface area (Å²) in [6.07, 6.45) is 1.18. The SMILES string of the molecule is CCN(CC)CCNCc1ccc(CC(C)C)cc1. The summed E-state index contributed by atoms with van der Waals surface area (Å²) >= 11 is 0. The van der Waals surface area contributed by atoms with Crippen molar-refractivity contribution in [2.24, 2.45) is 5.92 Å². The second kappa shape index (κ2) is 9.11. The molecule has 0 atom stereocenters. The first kappa shape index (κ1) is 16.2. The van der Waals surface area contributed by atoms with E-state index >= 15 is 0 Å². The maximum absolute atomic E-state index is 3.52. The third-order valence-corrected chi connectivity index (χ3v) is 3.50. The molecule has 0 amide bonds. The predicted octanol–water partition coefficient (Wildman–Crippen LogP) is 3.32. The average molecular weight is 262 g/mol. The maximum Gasteiger partial charge on any atom is 0.0206 e. The van der Waals surface area contributed by atoms with Crippen LogP contribution in [0.2, 0.25) is 0 Å². The van der Waals surface area contributed by atoms with Crippen LogP contribution in [0.5, 0.6) is 0 Å². The monoisotopic (exact) mass is 262 g/mol. The Morgan fingerprint density at radius 2 is 1.58 bits per heavy atom. The molecule has 0 unspecified atom stereocenters. The summed E-state index contributed by atoms with van der Waals surface area (Å²) in [4.78, 5) is 2.44. The summed E-state index contributed by atoms with van der Waals surface area (Å²) < 4.78 is 0. The molecule has 1 N–H and O–H groups in total. The van der Waals surface area contributed by atoms with Gasteiger partial charge in [0.2, 0.25) is 0 Å². The van der Waals surface area contributed by atoms with Crippen molar-refractivity contribution >= 4 is 0 Å². The lowest BCUT2D eigenvalue weighted by Crippen LogP contribution is -2.31. The zero-order valence-corrected chi connectivity index (χ0v) is 13.1. The molecule has 2 nitrogen and oxygen atoms in total. The number of hydrogen-bond donors (Lipinski definition) is 1. The Balaban J connectivity index is 2.26. The van der Waals surface area contributed by atoms with Crippen molar-refractivity contribution in [3.63, 3.8) is 0 Å². The fourth-order valence-electron chi connectivity index (χ4n) is 2.27. The number of benzene rings is 1. The van der Waals surface area contributed by atoms with Gasteiger partial charge in [-0.05, 0) is 36.6 Å². The molecule has 0 aliphatic carbocycles. The molecule has 19 heavy (non-hydrogen) atoms. The van der Waals surface area contributed by atoms with E-state index in [1.807, 2.05) is 0 Å². The fraction of sp³-hybridized carbons (Fsp3) is 0.647. The van der Waals surface area contributed by atoms with Crippen molar-refractivity contribution in [1.82, 2.24) is 10.2 Å². The highest BCUT2D eigenvalue weighted by molar-refractivity contribution is 5.22. The molecule has 0 aromatic heterocycles. The topological polar surface area (TPSA) is 15.3 Å². The third kappa shape index (κ3) is 6.74. The van der Waals surface area contributed by atoms with Gasteiger partial charge in [0.05, 0.1) is 0 Å². The molecule has 1 rings (SSSR count). The molecular weight excluding hydrogens is 232 g/mol. The minimum Gasteiger partial charge on any atom is -0.311 e. The van der Waals surface area contributed by atoms with Gasteiger partial charge in [-0.3, -0.25) is 0 Å². The summed E-state index contributed by atoms with van der Waals surface area (Å²) in [5.41, 5.74) is 2.83. The highest BCUT2D eigenvalue weighted by atomic mass is 15.1. The van der Waals surface area contributed by atoms with Crippen LogP contribution in [0, 0.1) is 5.92 Å². The zero-order chi connectivity index (χ0) is 14.1. The van der Waals surface area contributed by atoms with E-state index in [-0.39, 0.29) is 0 Å². The van der Waals surface area contributed by atoms with E-state index in [1.54, 1.807) is 0 Å². The van der Waals surface area contributed by atoms with Gasteiger partial charge in [0, 0.05) is 19.6 Å². The predicted molar refractivity (Wildman–Crippen MR) is 84.5 cm³/mol. The summed E-state index contributed by atoms with van der Waals surface area (Å²) in [6.45, 7) is 14.4. The number of nitrogens with one attached hydrogen (secondary N) is 1. The number of likely N-dealkylation sites (N-methyl/N-ethyl adjacent to an activating group) is 1. The van der Waals surface area contributed by atoms with E-state index in [9.17, 15) is 0 Å². The van der Waals surface area contributed by atoms with Crippen molar-refractivity contribution in [2.75, 3.05) is 26.2 Å². The second-order valence-corrected chi connectivity index (χ2v) is 5.62. The van der Waals surface area contributed by atoms with Crippen molar-refractivity contribution in [1.29, 1.82) is 0 Å². The van der Waals surface area contributed by atoms with Crippen LogP contribution in [-0.4, -0.2) is 31.1 Å². The molecule has 1 aromatic carbocycles. The second-order valence-electron chi connectivity index (χ2n) is 5.62. The molecular formula is C17H30N2. The molecule has 1 aromatic rings. The molecule has 0 radical (unpaired) electrons. The highest BCUT2D eigenvalue weighted by Crippen LogP contribution is 2.09. The van der Waals surface area contributed by atoms with Crippen molar-refractivity contribution in [2.45, 2.75) is 40.7 Å². The van der Waals surface area contributed by atoms with Crippen molar-refractivity contribution < 1.29 is 0 Å². The molecule has 0 saturated carbocycles. The van der Waals surface area contributed by atoms with Gasteiger partial charge < -0.3 is 10.2 Å². The van der Waals surface area contributed by atoms with Crippen LogP contribution in [0.15, 0.2) is 24.3 Å². The van der Waals surface area contributed by atoms with Gasteiger partial charge in [-0.2, -0.15) is 0 Å². The van der Waals surface area contributed by atoms with Crippen LogP contribution in [-0.2, 0) is 13.0 Å². The van der Waals surface area contributed by atoms with E-state index in [2.05, 4.69) is 62.2 Å². The molecule has 0 spiro atoms. The zero-order valence-electron chi connectivity index (χ0n) is 13.1. The van der Waals surface area contributed by atoms with Crippen LogP contribution in [0.1, 0.15) is 38.8 Å². The minimum absolute atomic E-state index is 0.734. The third-order valence-electron chi connectivity index (χ3n) is 3.50. The number of rotatable bonds is 9. The molecule has 2 heteroatoms. The molecule has 108 valence electrons. The van der Waals surface area contributed by atoms with Crippen LogP contribution in [0.25, 0.3) is 0 Å². The fourth-order valence-corrected chi connectivity index (χ4v) is 2.27. The Morgan fingerprint density at radius 3 is 2.11 bits per heavy atom. The first-order chi connectivity index (χ1) is 9.15. The molecule has 0 aliphatic heterocycles. The lowest BCUT2D eigenvalue weighted by Gasteiger charge is -2.18. The summed E-state index contributed by atoms with van der Waals surface area (Å²) in [5.74, 6) is 0.734. The molecule has 0 aliphatic rings. The quantitative estimate of drug-likeness (QED) is 0.687. The number of nitrogens with zero attached hydrogens (tertiary/aromatic N) is 1. The van der Waals surface area contributed by atoms with Gasteiger partial charge in [-0.25, -0.2) is 0 Å². The van der Waals surface area contributed by atoms with Crippen LogP contribution in [0.3, 0.4) is 0 Å². The molecule has 0 saturated heterocycles. The standard InChI is InChI=1S/C17H30N2/c1-5-19(6-2)12-11-18-14-17-9-7-16(8-10-17)13-15(3)4/h7-10,15,18H,5-6,11-14H2,1-4H3. The Labute approximate surface area is 119 Å². The highest BCUT2D eigenvalue weighted by Gasteiger charge is 2.00. The van der Waals surface area contributed by atoms with E-state index in [0.717, 1.165) is 38.6 Å². The molecule has 0 heterocycles. The Hall–Kier alpha value is -0.860. The average Bonchev–Trinajstić information content (AvgIpc) is 2.40. The Kier molecular flexibility index (Phi) is 7.76. The van der Waals surface area contributed by atoms with Gasteiger partial charge in [0.1, 0.15) is 0 Å². The summed E-state index contributed by atoms with van der Waals surface area (Å²) in [5, 5.41) is 3.52. The van der Waals surface area contributed by atoms with E-state index < -0.39 is 0 Å². The smallest absolute Gasteiger partial charge is 0.0206 e. The van der Waals surface area contributed by atoms with Gasteiger partial charge in [-0.1, -0.05) is 52.0 Å². The van der Waals surface area contributed by atoms with Crippen LogP contribution in [0.4, 0.5) is 0 Å². The van der Waals surface area contributed by atoms with Crippen LogP contribution < -0.4 is 5.32 Å². The van der Waals surface area contributed by atoms with E-state index in [1.165, 1.54) is 17.5 Å². The van der Waals surface area contributed by atoms with Crippen LogP contribution >= 0.6 is 0 Å². The van der Waals surface area contributed by atoms with E-state index in [0.29, 0.717) is 0 Å². The largest absolute Gasteiger partial charge is 0.311 e. The first-order valence-electron chi connectivity index (χ1n) is 7.66. The molecule has 0 fully saturated rings. The normalized spacial score (nSPS) is 11.5. The Morgan fingerprint density at radius 1 is 1.00 bits per heavy atom. The summed E-state index contributed by atoms with van der Waals surface area (Å²) in [7, 11) is 0. The van der Waals surface area contributed by atoms with Gasteiger partial charge >= 0.3 is 0 Å². The molecule has 0 bridgehead atoms. The number of hydrogen-bond acceptors (Lipinski definition) is 2.